The summed E-state index contributed by atoms with van der Waals surface area (Å²) >= 11 is 0. The normalized spacial score (nSPS) is 46.8. The molecule has 2 aliphatic heterocycles. The van der Waals surface area contributed by atoms with Crippen LogP contribution in [0.1, 0.15) is 70.7 Å². The van der Waals surface area contributed by atoms with Gasteiger partial charge < -0.3 is 10.5 Å². The Morgan fingerprint density at radius 2 is 2.08 bits per heavy atom. The van der Waals surface area contributed by atoms with Gasteiger partial charge in [0, 0.05) is 34.7 Å². The van der Waals surface area contributed by atoms with Crippen LogP contribution in [-0.2, 0) is 9.53 Å². The van der Waals surface area contributed by atoms with Crippen LogP contribution in [0.3, 0.4) is 0 Å². The molecule has 2 aliphatic carbocycles. The zero-order chi connectivity index (χ0) is 18.9. The molecule has 4 bridgehead atoms. The average Bonchev–Trinajstić information content (AvgIpc) is 2.81. The van der Waals surface area contributed by atoms with Crippen LogP contribution in [0.5, 0.6) is 0 Å². The van der Waals surface area contributed by atoms with Gasteiger partial charge in [0.25, 0.3) is 0 Å². The minimum Gasteiger partial charge on any atom is -0.366 e. The van der Waals surface area contributed by atoms with Crippen molar-refractivity contribution < 1.29 is 9.53 Å². The van der Waals surface area contributed by atoms with Gasteiger partial charge in [-0.15, -0.1) is 0 Å². The number of hydrogen-bond donors (Lipinski definition) is 1. The number of nitrogens with zero attached hydrogens (tertiary/aromatic N) is 1. The minimum atomic E-state index is -0.556. The maximum atomic E-state index is 13.6. The Morgan fingerprint density at radius 3 is 2.69 bits per heavy atom. The third-order valence-electron chi connectivity index (χ3n) is 7.92. The van der Waals surface area contributed by atoms with Crippen LogP contribution in [-0.4, -0.2) is 27.5 Å². The molecule has 2 saturated carbocycles. The number of nitrogens with two attached hydrogens (primary N) is 1. The second-order valence-electron chi connectivity index (χ2n) is 9.07. The van der Waals surface area contributed by atoms with Crippen LogP contribution in [0.4, 0.5) is 0 Å². The number of aryl methyl sites for hydroxylation is 1. The quantitative estimate of drug-likeness (QED) is 0.892. The molecule has 4 fully saturated rings. The van der Waals surface area contributed by atoms with E-state index >= 15 is 0 Å². The topological polar surface area (TPSA) is 65.2 Å². The molecule has 5 rings (SSSR count). The van der Waals surface area contributed by atoms with E-state index in [1.165, 1.54) is 0 Å². The van der Waals surface area contributed by atoms with E-state index in [-0.39, 0.29) is 23.7 Å². The molecule has 0 amide bonds. The van der Waals surface area contributed by atoms with Crippen molar-refractivity contribution in [2.45, 2.75) is 83.0 Å². The molecule has 2 N–H and O–H groups in total. The number of rotatable bonds is 4. The number of ketones is 1. The Hall–Kier alpha value is -1.26. The molecule has 1 aromatic heterocycles. The second-order valence-corrected chi connectivity index (χ2v) is 9.07. The molecule has 142 valence electrons. The summed E-state index contributed by atoms with van der Waals surface area (Å²) in [7, 11) is 0. The molecule has 2 saturated heterocycles. The lowest BCUT2D eigenvalue weighted by molar-refractivity contribution is -0.281. The summed E-state index contributed by atoms with van der Waals surface area (Å²) in [6.45, 7) is 10.7. The van der Waals surface area contributed by atoms with Crippen LogP contribution < -0.4 is 5.73 Å². The van der Waals surface area contributed by atoms with Crippen molar-refractivity contribution in [3.8, 4) is 0 Å². The smallest absolute Gasteiger partial charge is 0.146 e. The molecule has 0 aromatic carbocycles. The molecule has 1 aromatic rings. The van der Waals surface area contributed by atoms with Crippen LogP contribution in [0.25, 0.3) is 0 Å². The largest absolute Gasteiger partial charge is 0.366 e. The van der Waals surface area contributed by atoms with Gasteiger partial charge in [-0.2, -0.15) is 0 Å². The number of pyridine rings is 1. The lowest BCUT2D eigenvalue weighted by atomic mass is 9.51. The van der Waals surface area contributed by atoms with Crippen molar-refractivity contribution >= 4 is 5.78 Å². The first-order valence-corrected chi connectivity index (χ1v) is 10.2. The van der Waals surface area contributed by atoms with Crippen LogP contribution in [0.2, 0.25) is 0 Å². The summed E-state index contributed by atoms with van der Waals surface area (Å²) < 4.78 is 6.98. The fourth-order valence-electron chi connectivity index (χ4n) is 6.74. The van der Waals surface area contributed by atoms with Crippen molar-refractivity contribution in [2.24, 2.45) is 23.5 Å². The maximum absolute atomic E-state index is 13.6. The first-order valence-electron chi connectivity index (χ1n) is 10.2. The summed E-state index contributed by atoms with van der Waals surface area (Å²) in [5.41, 5.74) is 7.58. The zero-order valence-electron chi connectivity index (χ0n) is 16.7. The Morgan fingerprint density at radius 1 is 1.35 bits per heavy atom. The predicted octanol–water partition coefficient (Wildman–Crippen LogP) is 3.76. The van der Waals surface area contributed by atoms with Crippen LogP contribution in [0.15, 0.2) is 18.2 Å². The lowest BCUT2D eigenvalue weighted by Gasteiger charge is -2.65. The maximum Gasteiger partial charge on any atom is 0.146 e. The van der Waals surface area contributed by atoms with Gasteiger partial charge in [-0.05, 0) is 45.2 Å². The first-order chi connectivity index (χ1) is 12.2. The summed E-state index contributed by atoms with van der Waals surface area (Å²) in [4.78, 5) is 18.4. The van der Waals surface area contributed by atoms with Gasteiger partial charge in [-0.3, -0.25) is 9.78 Å². The fourth-order valence-corrected chi connectivity index (χ4v) is 6.74. The van der Waals surface area contributed by atoms with E-state index < -0.39 is 16.7 Å². The molecule has 7 atom stereocenters. The van der Waals surface area contributed by atoms with E-state index in [9.17, 15) is 4.79 Å². The van der Waals surface area contributed by atoms with E-state index in [4.69, 9.17) is 15.5 Å². The Labute approximate surface area is 156 Å². The van der Waals surface area contributed by atoms with Crippen molar-refractivity contribution in [3.63, 3.8) is 0 Å². The highest BCUT2D eigenvalue weighted by Crippen LogP contribution is 2.69. The van der Waals surface area contributed by atoms with Gasteiger partial charge in [-0.25, -0.2) is 0 Å². The number of carbonyl (C=O) groups is 1. The highest BCUT2D eigenvalue weighted by molar-refractivity contribution is 5.90. The van der Waals surface area contributed by atoms with Crippen molar-refractivity contribution in [1.29, 1.82) is 0 Å². The fraction of sp³-hybridized carbons (Fsp3) is 0.727. The predicted molar refractivity (Wildman–Crippen MR) is 102 cm³/mol. The van der Waals surface area contributed by atoms with Gasteiger partial charge in [0.1, 0.15) is 5.78 Å². The van der Waals surface area contributed by atoms with Gasteiger partial charge in [-0.1, -0.05) is 33.3 Å². The monoisotopic (exact) mass is 356 g/mol. The molecule has 4 aliphatic rings. The second kappa shape index (κ2) is 5.62. The van der Waals surface area contributed by atoms with E-state index in [2.05, 4.69) is 33.8 Å². The summed E-state index contributed by atoms with van der Waals surface area (Å²) in [6.07, 6.45) is 3.50. The number of hydrogen-bond acceptors (Lipinski definition) is 4. The molecule has 0 radical (unpaired) electrons. The number of fused-ring (bicyclic) bond motifs is 1. The third-order valence-corrected chi connectivity index (χ3v) is 7.92. The molecule has 6 unspecified atom stereocenters. The Kier molecular flexibility index (Phi) is 3.92. The molecule has 0 spiro atoms. The molecule has 4 heteroatoms. The van der Waals surface area contributed by atoms with Gasteiger partial charge in [0.05, 0.1) is 17.1 Å². The van der Waals surface area contributed by atoms with E-state index in [0.717, 1.165) is 37.1 Å². The molecule has 26 heavy (non-hydrogen) atoms. The van der Waals surface area contributed by atoms with Crippen molar-refractivity contribution in [1.82, 2.24) is 4.98 Å². The third kappa shape index (κ3) is 1.98. The molecule has 4 nitrogen and oxygen atoms in total. The molecular formula is C22H32N2O2. The summed E-state index contributed by atoms with van der Waals surface area (Å²) in [5, 5.41) is 0. The van der Waals surface area contributed by atoms with Crippen molar-refractivity contribution in [2.75, 3.05) is 0 Å². The number of ether oxygens (including phenoxy) is 1. The number of aromatic nitrogens is 1. The summed E-state index contributed by atoms with van der Waals surface area (Å²) in [6, 6.07) is 6.13. The van der Waals surface area contributed by atoms with E-state index in [0.29, 0.717) is 5.78 Å². The van der Waals surface area contributed by atoms with Gasteiger partial charge in [0.2, 0.25) is 0 Å². The Bertz CT molecular complexity index is 749. The zero-order valence-corrected chi connectivity index (χ0v) is 16.7. The van der Waals surface area contributed by atoms with Gasteiger partial charge >= 0.3 is 0 Å². The number of Topliss-reactive ketones (excluding diaryl/α,β-unsaturated/α-hetero) is 1. The standard InChI is InChI=1S/C22H32N2O2/c1-6-9-15-18(25)19-20(5)16(17-11-8-10-13(3)24-17)12-21(19,23)14(4)22(15,7-2)26-20/h8,10-11,14-16,19H,6-7,9,12,23H2,1-5H3/t14?,15?,16?,19?,20?,21-,22?/m0/s1. The highest BCUT2D eigenvalue weighted by Gasteiger charge is 2.78. The van der Waals surface area contributed by atoms with E-state index in [1.54, 1.807) is 0 Å². The van der Waals surface area contributed by atoms with Gasteiger partial charge in [0.15, 0.2) is 0 Å². The summed E-state index contributed by atoms with van der Waals surface area (Å²) in [5.74, 6) is 0.328. The van der Waals surface area contributed by atoms with Crippen molar-refractivity contribution in [3.05, 3.63) is 29.6 Å². The lowest BCUT2D eigenvalue weighted by Crippen LogP contribution is -2.78. The van der Waals surface area contributed by atoms with Crippen LogP contribution >= 0.6 is 0 Å². The SMILES string of the molecule is CCCC1C(=O)C2C3(C)OC1(CC)C(C)[C@@]2(N)CC3c1cccc(C)n1. The molecular weight excluding hydrogens is 324 g/mol. The molecule has 3 heterocycles. The minimum absolute atomic E-state index is 0.0218. The average molecular weight is 357 g/mol. The highest BCUT2D eigenvalue weighted by atomic mass is 16.5. The Balaban J connectivity index is 1.87. The first kappa shape index (κ1) is 18.1. The van der Waals surface area contributed by atoms with Crippen LogP contribution in [0, 0.1) is 24.7 Å². The van der Waals surface area contributed by atoms with E-state index in [1.807, 2.05) is 19.1 Å². The number of carbonyl (C=O) groups excluding carboxylic acids is 1.